The molecule has 4 nitrogen and oxygen atoms in total. The highest BCUT2D eigenvalue weighted by atomic mass is 16.5. The van der Waals surface area contributed by atoms with E-state index in [1.165, 1.54) is 7.11 Å². The molecule has 1 rings (SSSR count). The van der Waals surface area contributed by atoms with E-state index in [4.69, 9.17) is 10.5 Å². The Kier molecular flexibility index (Phi) is 4.79. The van der Waals surface area contributed by atoms with Crippen LogP contribution in [0.5, 0.6) is 5.75 Å². The van der Waals surface area contributed by atoms with Crippen LogP contribution in [0.15, 0.2) is 18.2 Å². The van der Waals surface area contributed by atoms with Crippen LogP contribution in [-0.4, -0.2) is 26.2 Å². The van der Waals surface area contributed by atoms with Crippen LogP contribution in [0.25, 0.3) is 0 Å². The maximum atomic E-state index is 11.4. The molecule has 0 aromatic heterocycles. The largest absolute Gasteiger partial charge is 0.494 e. The third-order valence-electron chi connectivity index (χ3n) is 2.23. The van der Waals surface area contributed by atoms with E-state index >= 15 is 0 Å². The molecule has 0 saturated carbocycles. The lowest BCUT2D eigenvalue weighted by Gasteiger charge is -2.08. The molecule has 0 saturated heterocycles. The zero-order valence-corrected chi connectivity index (χ0v) is 9.66. The number of hydrogen-bond acceptors (Lipinski definition) is 4. The summed E-state index contributed by atoms with van der Waals surface area (Å²) >= 11 is 0. The van der Waals surface area contributed by atoms with Gasteiger partial charge in [-0.05, 0) is 37.6 Å². The van der Waals surface area contributed by atoms with Gasteiger partial charge in [0.1, 0.15) is 5.75 Å². The molecule has 16 heavy (non-hydrogen) atoms. The highest BCUT2D eigenvalue weighted by Crippen LogP contribution is 2.18. The minimum Gasteiger partial charge on any atom is -0.494 e. The molecular formula is C12H17NO3. The van der Waals surface area contributed by atoms with Crippen molar-refractivity contribution >= 4 is 5.97 Å². The quantitative estimate of drug-likeness (QED) is 0.607. The molecule has 0 bridgehead atoms. The van der Waals surface area contributed by atoms with E-state index in [1.807, 2.05) is 19.1 Å². The minimum atomic E-state index is -0.346. The van der Waals surface area contributed by atoms with E-state index in [9.17, 15) is 4.79 Å². The fourth-order valence-electron chi connectivity index (χ4n) is 1.29. The molecule has 1 aromatic carbocycles. The van der Waals surface area contributed by atoms with E-state index in [0.29, 0.717) is 24.5 Å². The Bertz CT molecular complexity index is 363. The average Bonchev–Trinajstić information content (AvgIpc) is 2.30. The lowest BCUT2D eigenvalue weighted by atomic mass is 10.1. The number of benzene rings is 1. The second-order valence-electron chi connectivity index (χ2n) is 3.46. The van der Waals surface area contributed by atoms with E-state index in [1.54, 1.807) is 6.07 Å². The van der Waals surface area contributed by atoms with Crippen molar-refractivity contribution in [3.8, 4) is 5.75 Å². The zero-order valence-electron chi connectivity index (χ0n) is 9.66. The summed E-state index contributed by atoms with van der Waals surface area (Å²) in [6.45, 7) is 3.01. The van der Waals surface area contributed by atoms with Crippen LogP contribution in [0, 0.1) is 6.92 Å². The van der Waals surface area contributed by atoms with Crippen molar-refractivity contribution in [1.29, 1.82) is 0 Å². The average molecular weight is 223 g/mol. The summed E-state index contributed by atoms with van der Waals surface area (Å²) in [5, 5.41) is 0. The highest BCUT2D eigenvalue weighted by Gasteiger charge is 2.10. The monoisotopic (exact) mass is 223 g/mol. The van der Waals surface area contributed by atoms with Gasteiger partial charge in [-0.2, -0.15) is 0 Å². The number of esters is 1. The van der Waals surface area contributed by atoms with Crippen LogP contribution in [0.2, 0.25) is 0 Å². The third kappa shape index (κ3) is 3.24. The Balaban J connectivity index is 2.77. The smallest absolute Gasteiger partial charge is 0.338 e. The molecular weight excluding hydrogens is 206 g/mol. The fourth-order valence-corrected chi connectivity index (χ4v) is 1.29. The molecule has 0 amide bonds. The Labute approximate surface area is 95.3 Å². The van der Waals surface area contributed by atoms with E-state index in [0.717, 1.165) is 12.0 Å². The molecule has 1 aromatic rings. The number of ether oxygens (including phenoxy) is 2. The minimum absolute atomic E-state index is 0.346. The van der Waals surface area contributed by atoms with Gasteiger partial charge in [0.2, 0.25) is 0 Å². The molecule has 0 atom stereocenters. The van der Waals surface area contributed by atoms with Crippen LogP contribution in [-0.2, 0) is 4.74 Å². The van der Waals surface area contributed by atoms with Crippen LogP contribution >= 0.6 is 0 Å². The molecule has 88 valence electrons. The maximum Gasteiger partial charge on any atom is 0.338 e. The Morgan fingerprint density at radius 3 is 2.81 bits per heavy atom. The van der Waals surface area contributed by atoms with Crippen molar-refractivity contribution in [2.45, 2.75) is 13.3 Å². The summed E-state index contributed by atoms with van der Waals surface area (Å²) in [7, 11) is 1.36. The summed E-state index contributed by atoms with van der Waals surface area (Å²) in [6.07, 6.45) is 0.793. The second-order valence-corrected chi connectivity index (χ2v) is 3.46. The van der Waals surface area contributed by atoms with Gasteiger partial charge in [-0.1, -0.05) is 6.07 Å². The lowest BCUT2D eigenvalue weighted by Crippen LogP contribution is -2.08. The number of aryl methyl sites for hydroxylation is 1. The number of nitrogens with two attached hydrogens (primary N) is 1. The Hall–Kier alpha value is -1.55. The first kappa shape index (κ1) is 12.5. The summed E-state index contributed by atoms with van der Waals surface area (Å²) in [5.41, 5.74) is 6.77. The molecule has 0 spiro atoms. The number of rotatable bonds is 5. The third-order valence-corrected chi connectivity index (χ3v) is 2.23. The summed E-state index contributed by atoms with van der Waals surface area (Å²) < 4.78 is 10.1. The van der Waals surface area contributed by atoms with Gasteiger partial charge in [0.05, 0.1) is 19.3 Å². The molecule has 0 aliphatic carbocycles. The van der Waals surface area contributed by atoms with Gasteiger partial charge >= 0.3 is 5.97 Å². The highest BCUT2D eigenvalue weighted by molar-refractivity contribution is 5.91. The number of carbonyl (C=O) groups is 1. The lowest BCUT2D eigenvalue weighted by molar-refractivity contribution is 0.0599. The first-order chi connectivity index (χ1) is 7.69. The van der Waals surface area contributed by atoms with Gasteiger partial charge < -0.3 is 15.2 Å². The number of methoxy groups -OCH3 is 1. The van der Waals surface area contributed by atoms with Gasteiger partial charge in [-0.3, -0.25) is 0 Å². The Morgan fingerprint density at radius 1 is 1.44 bits per heavy atom. The van der Waals surface area contributed by atoms with Crippen molar-refractivity contribution in [3.05, 3.63) is 29.3 Å². The predicted molar refractivity (Wildman–Crippen MR) is 61.7 cm³/mol. The SMILES string of the molecule is COC(=O)c1cc(OCCCN)ccc1C. The molecule has 2 N–H and O–H groups in total. The maximum absolute atomic E-state index is 11.4. The van der Waals surface area contributed by atoms with E-state index < -0.39 is 0 Å². The summed E-state index contributed by atoms with van der Waals surface area (Å²) in [5.74, 6) is 0.321. The topological polar surface area (TPSA) is 61.5 Å². The standard InChI is InChI=1S/C12H17NO3/c1-9-4-5-10(16-7-3-6-13)8-11(9)12(14)15-2/h4-5,8H,3,6-7,13H2,1-2H3. The normalized spacial score (nSPS) is 9.94. The van der Waals surface area contributed by atoms with Crippen molar-refractivity contribution in [1.82, 2.24) is 0 Å². The van der Waals surface area contributed by atoms with Gasteiger partial charge in [-0.25, -0.2) is 4.79 Å². The molecule has 0 heterocycles. The van der Waals surface area contributed by atoms with Crippen LogP contribution in [0.4, 0.5) is 0 Å². The Morgan fingerprint density at radius 2 is 2.19 bits per heavy atom. The molecule has 0 aliphatic heterocycles. The summed E-state index contributed by atoms with van der Waals surface area (Å²) in [4.78, 5) is 11.4. The number of carbonyl (C=O) groups excluding carboxylic acids is 1. The zero-order chi connectivity index (χ0) is 12.0. The molecule has 0 fully saturated rings. The molecule has 4 heteroatoms. The second kappa shape index (κ2) is 6.12. The van der Waals surface area contributed by atoms with Crippen molar-refractivity contribution in [3.63, 3.8) is 0 Å². The van der Waals surface area contributed by atoms with Gasteiger partial charge in [0.15, 0.2) is 0 Å². The number of hydrogen-bond donors (Lipinski definition) is 1. The van der Waals surface area contributed by atoms with Gasteiger partial charge in [0, 0.05) is 0 Å². The van der Waals surface area contributed by atoms with E-state index in [-0.39, 0.29) is 5.97 Å². The molecule has 0 radical (unpaired) electrons. The molecule has 0 aliphatic rings. The van der Waals surface area contributed by atoms with Gasteiger partial charge in [-0.15, -0.1) is 0 Å². The van der Waals surface area contributed by atoms with Crippen LogP contribution in [0.1, 0.15) is 22.3 Å². The first-order valence-electron chi connectivity index (χ1n) is 5.21. The van der Waals surface area contributed by atoms with Crippen molar-refractivity contribution in [2.75, 3.05) is 20.3 Å². The van der Waals surface area contributed by atoms with Gasteiger partial charge in [0.25, 0.3) is 0 Å². The van der Waals surface area contributed by atoms with E-state index in [2.05, 4.69) is 4.74 Å². The van der Waals surface area contributed by atoms with Crippen molar-refractivity contribution in [2.24, 2.45) is 5.73 Å². The van der Waals surface area contributed by atoms with Crippen molar-refractivity contribution < 1.29 is 14.3 Å². The molecule has 0 unspecified atom stereocenters. The fraction of sp³-hybridized carbons (Fsp3) is 0.417. The van der Waals surface area contributed by atoms with Crippen LogP contribution in [0.3, 0.4) is 0 Å². The first-order valence-corrected chi connectivity index (χ1v) is 5.21. The van der Waals surface area contributed by atoms with Crippen LogP contribution < -0.4 is 10.5 Å². The summed E-state index contributed by atoms with van der Waals surface area (Å²) in [6, 6.07) is 5.36. The predicted octanol–water partition coefficient (Wildman–Crippen LogP) is 1.51.